The highest BCUT2D eigenvalue weighted by molar-refractivity contribution is 5.30. The van der Waals surface area contributed by atoms with Crippen LogP contribution in [0.25, 0.3) is 5.69 Å². The third kappa shape index (κ3) is 2.62. The van der Waals surface area contributed by atoms with E-state index in [1.807, 2.05) is 16.9 Å². The monoisotopic (exact) mass is 281 g/mol. The molecule has 0 radical (unpaired) electrons. The van der Waals surface area contributed by atoms with E-state index in [9.17, 15) is 0 Å². The summed E-state index contributed by atoms with van der Waals surface area (Å²) in [4.78, 5) is 0. The molecule has 21 heavy (non-hydrogen) atoms. The van der Waals surface area contributed by atoms with Crippen LogP contribution in [0.15, 0.2) is 42.7 Å². The Morgan fingerprint density at radius 2 is 2.10 bits per heavy atom. The minimum atomic E-state index is 0.734. The van der Waals surface area contributed by atoms with Crippen LogP contribution in [0.5, 0.6) is 0 Å². The quantitative estimate of drug-likeness (QED) is 0.932. The molecule has 0 amide bonds. The number of aromatic nitrogens is 2. The van der Waals surface area contributed by atoms with E-state index in [-0.39, 0.29) is 0 Å². The predicted octanol–water partition coefficient (Wildman–Crippen LogP) is 3.19. The zero-order valence-corrected chi connectivity index (χ0v) is 12.4. The van der Waals surface area contributed by atoms with E-state index in [1.54, 1.807) is 0 Å². The molecule has 1 aliphatic carbocycles. The number of hydrogen-bond acceptors (Lipinski definition) is 2. The number of para-hydroxylation sites is 1. The maximum absolute atomic E-state index is 4.49. The Bertz CT molecular complexity index is 590. The topological polar surface area (TPSA) is 29.9 Å². The molecule has 1 aliphatic heterocycles. The molecular formula is C18H23N3. The van der Waals surface area contributed by atoms with Gasteiger partial charge in [-0.3, -0.25) is 0 Å². The molecule has 3 unspecified atom stereocenters. The first-order valence-electron chi connectivity index (χ1n) is 8.22. The lowest BCUT2D eigenvalue weighted by Gasteiger charge is -2.17. The third-order valence-electron chi connectivity index (χ3n) is 5.28. The summed E-state index contributed by atoms with van der Waals surface area (Å²) in [5.74, 6) is 1.90. The lowest BCUT2D eigenvalue weighted by molar-refractivity contribution is 0.393. The van der Waals surface area contributed by atoms with Gasteiger partial charge in [0.2, 0.25) is 0 Å². The van der Waals surface area contributed by atoms with Gasteiger partial charge >= 0.3 is 0 Å². The molecule has 0 spiro atoms. The van der Waals surface area contributed by atoms with Gasteiger partial charge in [0.25, 0.3) is 0 Å². The second-order valence-electron chi connectivity index (χ2n) is 6.54. The van der Waals surface area contributed by atoms with E-state index in [2.05, 4.69) is 40.9 Å². The van der Waals surface area contributed by atoms with Crippen molar-refractivity contribution in [1.82, 2.24) is 15.1 Å². The molecule has 3 heteroatoms. The first kappa shape index (κ1) is 13.1. The molecule has 1 aromatic heterocycles. The Morgan fingerprint density at radius 3 is 3.00 bits per heavy atom. The fourth-order valence-electron chi connectivity index (χ4n) is 4.15. The Hall–Kier alpha value is -1.61. The molecule has 2 aromatic rings. The molecule has 110 valence electrons. The van der Waals surface area contributed by atoms with Gasteiger partial charge in [-0.05, 0) is 61.8 Å². The van der Waals surface area contributed by atoms with Crippen LogP contribution in [0.3, 0.4) is 0 Å². The molecule has 1 saturated heterocycles. The van der Waals surface area contributed by atoms with Gasteiger partial charge < -0.3 is 5.32 Å². The number of fused-ring (bicyclic) bond motifs is 1. The Balaban J connectivity index is 1.39. The molecule has 2 fully saturated rings. The van der Waals surface area contributed by atoms with Crippen LogP contribution in [0.1, 0.15) is 31.2 Å². The number of aryl methyl sites for hydroxylation is 1. The van der Waals surface area contributed by atoms with Crippen LogP contribution in [0.4, 0.5) is 0 Å². The SMILES string of the molecule is c1ccc(-n2cc(CCC3NCC4CCCC43)cn2)cc1. The summed E-state index contributed by atoms with van der Waals surface area (Å²) in [6, 6.07) is 11.1. The average molecular weight is 281 g/mol. The highest BCUT2D eigenvalue weighted by Crippen LogP contribution is 2.38. The third-order valence-corrected chi connectivity index (χ3v) is 5.28. The summed E-state index contributed by atoms with van der Waals surface area (Å²) in [5.41, 5.74) is 2.49. The van der Waals surface area contributed by atoms with E-state index in [0.717, 1.165) is 30.0 Å². The van der Waals surface area contributed by atoms with Gasteiger partial charge in [-0.25, -0.2) is 4.68 Å². The zero-order valence-electron chi connectivity index (χ0n) is 12.4. The van der Waals surface area contributed by atoms with Crippen molar-refractivity contribution in [3.63, 3.8) is 0 Å². The van der Waals surface area contributed by atoms with Crippen LogP contribution in [-0.4, -0.2) is 22.4 Å². The van der Waals surface area contributed by atoms with E-state index >= 15 is 0 Å². The zero-order chi connectivity index (χ0) is 14.1. The van der Waals surface area contributed by atoms with Crippen LogP contribution < -0.4 is 5.32 Å². The average Bonchev–Trinajstić information content (AvgIpc) is 3.23. The van der Waals surface area contributed by atoms with Gasteiger partial charge in [-0.2, -0.15) is 5.10 Å². The van der Waals surface area contributed by atoms with Crippen molar-refractivity contribution in [2.75, 3.05) is 6.54 Å². The van der Waals surface area contributed by atoms with Crippen molar-refractivity contribution in [2.24, 2.45) is 11.8 Å². The Labute approximate surface area is 126 Å². The summed E-state index contributed by atoms with van der Waals surface area (Å²) < 4.78 is 1.98. The summed E-state index contributed by atoms with van der Waals surface area (Å²) in [7, 11) is 0. The Kier molecular flexibility index (Phi) is 3.52. The van der Waals surface area contributed by atoms with Crippen LogP contribution in [0, 0.1) is 11.8 Å². The van der Waals surface area contributed by atoms with E-state index in [4.69, 9.17) is 0 Å². The van der Waals surface area contributed by atoms with Gasteiger partial charge in [0, 0.05) is 12.2 Å². The largest absolute Gasteiger partial charge is 0.313 e. The molecule has 2 heterocycles. The van der Waals surface area contributed by atoms with Crippen molar-refractivity contribution in [2.45, 2.75) is 38.1 Å². The molecule has 0 bridgehead atoms. The van der Waals surface area contributed by atoms with E-state index in [1.165, 1.54) is 37.8 Å². The second kappa shape index (κ2) is 5.64. The molecule has 1 saturated carbocycles. The maximum atomic E-state index is 4.49. The minimum absolute atomic E-state index is 0.734. The molecule has 2 aliphatic rings. The summed E-state index contributed by atoms with van der Waals surface area (Å²) >= 11 is 0. The normalized spacial score (nSPS) is 27.9. The van der Waals surface area contributed by atoms with Gasteiger partial charge in [-0.1, -0.05) is 24.6 Å². The number of rotatable bonds is 4. The van der Waals surface area contributed by atoms with Crippen molar-refractivity contribution in [3.05, 3.63) is 48.3 Å². The molecule has 1 aromatic carbocycles. The van der Waals surface area contributed by atoms with Gasteiger partial charge in [0.15, 0.2) is 0 Å². The van der Waals surface area contributed by atoms with E-state index < -0.39 is 0 Å². The van der Waals surface area contributed by atoms with Gasteiger partial charge in [-0.15, -0.1) is 0 Å². The lowest BCUT2D eigenvalue weighted by Crippen LogP contribution is -2.27. The molecule has 3 atom stereocenters. The molecule has 4 rings (SSSR count). The van der Waals surface area contributed by atoms with Crippen molar-refractivity contribution in [3.8, 4) is 5.69 Å². The van der Waals surface area contributed by atoms with E-state index in [0.29, 0.717) is 0 Å². The number of nitrogens with zero attached hydrogens (tertiary/aromatic N) is 2. The summed E-state index contributed by atoms with van der Waals surface area (Å²) in [6.07, 6.45) is 10.9. The van der Waals surface area contributed by atoms with Crippen LogP contribution in [-0.2, 0) is 6.42 Å². The van der Waals surface area contributed by atoms with Crippen LogP contribution >= 0.6 is 0 Å². The van der Waals surface area contributed by atoms with Crippen molar-refractivity contribution in [1.29, 1.82) is 0 Å². The maximum Gasteiger partial charge on any atom is 0.0645 e. The lowest BCUT2D eigenvalue weighted by atomic mass is 9.91. The highest BCUT2D eigenvalue weighted by atomic mass is 15.3. The molecule has 1 N–H and O–H groups in total. The standard InChI is InChI=1S/C18H23N3/c1-2-6-16(7-3-1)21-13-14(11-20-21)9-10-18-17-8-4-5-15(17)12-19-18/h1-3,6-7,11,13,15,17-19H,4-5,8-10,12H2. The fraction of sp³-hybridized carbons (Fsp3) is 0.500. The summed E-state index contributed by atoms with van der Waals surface area (Å²) in [5, 5.41) is 8.23. The first-order chi connectivity index (χ1) is 10.4. The number of benzene rings is 1. The van der Waals surface area contributed by atoms with Crippen LogP contribution in [0.2, 0.25) is 0 Å². The summed E-state index contributed by atoms with van der Waals surface area (Å²) in [6.45, 7) is 1.25. The number of hydrogen-bond donors (Lipinski definition) is 1. The first-order valence-corrected chi connectivity index (χ1v) is 8.22. The number of nitrogens with one attached hydrogen (secondary N) is 1. The fourth-order valence-corrected chi connectivity index (χ4v) is 4.15. The smallest absolute Gasteiger partial charge is 0.0645 e. The van der Waals surface area contributed by atoms with Crippen molar-refractivity contribution >= 4 is 0 Å². The Morgan fingerprint density at radius 1 is 1.19 bits per heavy atom. The second-order valence-corrected chi connectivity index (χ2v) is 6.54. The highest BCUT2D eigenvalue weighted by Gasteiger charge is 2.38. The van der Waals surface area contributed by atoms with Gasteiger partial charge in [0.05, 0.1) is 11.9 Å². The van der Waals surface area contributed by atoms with Crippen molar-refractivity contribution < 1.29 is 0 Å². The molecule has 3 nitrogen and oxygen atoms in total. The minimum Gasteiger partial charge on any atom is -0.313 e. The predicted molar refractivity (Wildman–Crippen MR) is 84.5 cm³/mol. The van der Waals surface area contributed by atoms with Gasteiger partial charge in [0.1, 0.15) is 0 Å². The molecular weight excluding hydrogens is 258 g/mol.